The molecule has 0 saturated carbocycles. The number of nitrogens with one attached hydrogen (secondary N) is 1. The van der Waals surface area contributed by atoms with Crippen molar-refractivity contribution in [3.8, 4) is 0 Å². The Bertz CT molecular complexity index is 106. The number of hydrogen-bond donors (Lipinski definition) is 1. The zero-order chi connectivity index (χ0) is 8.32. The van der Waals surface area contributed by atoms with E-state index in [2.05, 4.69) is 26.1 Å². The molecule has 1 fully saturated rings. The van der Waals surface area contributed by atoms with E-state index in [-0.39, 0.29) is 0 Å². The van der Waals surface area contributed by atoms with Gasteiger partial charge >= 0.3 is 0 Å². The van der Waals surface area contributed by atoms with Gasteiger partial charge in [0.05, 0.1) is 0 Å². The molecule has 1 nitrogen and oxygen atoms in total. The Morgan fingerprint density at radius 2 is 2.00 bits per heavy atom. The van der Waals surface area contributed by atoms with Gasteiger partial charge in [-0.1, -0.05) is 19.8 Å². The summed E-state index contributed by atoms with van der Waals surface area (Å²) >= 11 is 0. The average Bonchev–Trinajstić information content (AvgIpc) is 1.83. The average molecular weight is 155 g/mol. The van der Waals surface area contributed by atoms with Crippen LogP contribution in [0.3, 0.4) is 0 Å². The van der Waals surface area contributed by atoms with Gasteiger partial charge in [-0.05, 0) is 39.2 Å². The largest absolute Gasteiger partial charge is 0.312 e. The van der Waals surface area contributed by atoms with Gasteiger partial charge in [0.15, 0.2) is 0 Å². The summed E-state index contributed by atoms with van der Waals surface area (Å²) in [6.07, 6.45) is 5.49. The van der Waals surface area contributed by atoms with E-state index in [1.807, 2.05) is 0 Å². The van der Waals surface area contributed by atoms with E-state index in [4.69, 9.17) is 0 Å². The zero-order valence-corrected chi connectivity index (χ0v) is 8.11. The lowest BCUT2D eigenvalue weighted by atomic mass is 9.90. The van der Waals surface area contributed by atoms with Gasteiger partial charge in [-0.3, -0.25) is 0 Å². The van der Waals surface area contributed by atoms with Crippen LogP contribution in [0.2, 0.25) is 0 Å². The third kappa shape index (κ3) is 3.24. The Balaban J connectivity index is 2.35. The Kier molecular flexibility index (Phi) is 2.94. The maximum atomic E-state index is 3.59. The summed E-state index contributed by atoms with van der Waals surface area (Å²) < 4.78 is 0. The summed E-state index contributed by atoms with van der Waals surface area (Å²) in [6.45, 7) is 8.18. The minimum Gasteiger partial charge on any atom is -0.312 e. The zero-order valence-electron chi connectivity index (χ0n) is 8.11. The molecule has 1 heteroatoms. The van der Waals surface area contributed by atoms with Gasteiger partial charge in [-0.25, -0.2) is 0 Å². The smallest absolute Gasteiger partial charge is 0.0125 e. The van der Waals surface area contributed by atoms with Crippen LogP contribution in [0.15, 0.2) is 0 Å². The molecule has 0 spiro atoms. The second-order valence-electron chi connectivity index (χ2n) is 4.60. The first-order valence-electron chi connectivity index (χ1n) is 4.85. The fraction of sp³-hybridized carbons (Fsp3) is 1.00. The summed E-state index contributed by atoms with van der Waals surface area (Å²) in [4.78, 5) is 0. The van der Waals surface area contributed by atoms with Crippen molar-refractivity contribution < 1.29 is 0 Å². The predicted octanol–water partition coefficient (Wildman–Crippen LogP) is 2.56. The van der Waals surface area contributed by atoms with Crippen LogP contribution < -0.4 is 5.32 Å². The van der Waals surface area contributed by atoms with Gasteiger partial charge in [-0.15, -0.1) is 0 Å². The van der Waals surface area contributed by atoms with Crippen molar-refractivity contribution in [3.05, 3.63) is 0 Å². The van der Waals surface area contributed by atoms with Crippen LogP contribution in [-0.4, -0.2) is 12.1 Å². The molecule has 0 bridgehead atoms. The van der Waals surface area contributed by atoms with E-state index in [1.165, 1.54) is 32.2 Å². The summed E-state index contributed by atoms with van der Waals surface area (Å²) in [5.74, 6) is 0.929. The fourth-order valence-corrected chi connectivity index (χ4v) is 1.78. The highest BCUT2D eigenvalue weighted by atomic mass is 14.9. The third-order valence-electron chi connectivity index (χ3n) is 2.74. The highest BCUT2D eigenvalue weighted by molar-refractivity contribution is 4.79. The summed E-state index contributed by atoms with van der Waals surface area (Å²) in [7, 11) is 0. The Morgan fingerprint density at radius 3 is 2.73 bits per heavy atom. The Labute approximate surface area is 70.6 Å². The van der Waals surface area contributed by atoms with Gasteiger partial charge < -0.3 is 5.32 Å². The molecule has 0 aliphatic carbocycles. The van der Waals surface area contributed by atoms with Crippen molar-refractivity contribution in [2.24, 2.45) is 5.92 Å². The van der Waals surface area contributed by atoms with Crippen molar-refractivity contribution in [2.75, 3.05) is 6.54 Å². The first-order chi connectivity index (χ1) is 5.10. The second kappa shape index (κ2) is 3.57. The molecule has 0 radical (unpaired) electrons. The molecule has 1 N–H and O–H groups in total. The molecular formula is C10H21N. The van der Waals surface area contributed by atoms with Crippen molar-refractivity contribution in [1.82, 2.24) is 5.32 Å². The third-order valence-corrected chi connectivity index (χ3v) is 2.74. The minimum absolute atomic E-state index is 0.389. The van der Waals surface area contributed by atoms with E-state index >= 15 is 0 Å². The van der Waals surface area contributed by atoms with Crippen LogP contribution in [-0.2, 0) is 0 Å². The van der Waals surface area contributed by atoms with Gasteiger partial charge in [0, 0.05) is 5.54 Å². The number of rotatable bonds is 0. The van der Waals surface area contributed by atoms with Gasteiger partial charge in [0.2, 0.25) is 0 Å². The quantitative estimate of drug-likeness (QED) is 0.567. The van der Waals surface area contributed by atoms with E-state index < -0.39 is 0 Å². The molecule has 0 aromatic heterocycles. The molecule has 66 valence electrons. The second-order valence-corrected chi connectivity index (χ2v) is 4.60. The van der Waals surface area contributed by atoms with Crippen molar-refractivity contribution in [2.45, 2.75) is 52.0 Å². The predicted molar refractivity (Wildman–Crippen MR) is 49.7 cm³/mol. The van der Waals surface area contributed by atoms with E-state index in [1.54, 1.807) is 0 Å². The lowest BCUT2D eigenvalue weighted by Crippen LogP contribution is -2.41. The highest BCUT2D eigenvalue weighted by Crippen LogP contribution is 2.20. The van der Waals surface area contributed by atoms with Crippen molar-refractivity contribution >= 4 is 0 Å². The van der Waals surface area contributed by atoms with E-state index in [0.29, 0.717) is 5.54 Å². The van der Waals surface area contributed by atoms with Crippen LogP contribution in [0.5, 0.6) is 0 Å². The van der Waals surface area contributed by atoms with Crippen molar-refractivity contribution in [1.29, 1.82) is 0 Å². The van der Waals surface area contributed by atoms with Crippen LogP contribution in [0.4, 0.5) is 0 Å². The molecule has 0 amide bonds. The normalized spacial score (nSPS) is 32.5. The maximum Gasteiger partial charge on any atom is 0.0125 e. The molecule has 1 aliphatic rings. The molecule has 1 rings (SSSR count). The fourth-order valence-electron chi connectivity index (χ4n) is 1.78. The van der Waals surface area contributed by atoms with Crippen LogP contribution in [0.1, 0.15) is 46.5 Å². The standard InChI is InChI=1S/C10H21N/c1-9-5-4-7-10(2,3)11-8-6-9/h9,11H,4-8H2,1-3H3. The molecule has 1 unspecified atom stereocenters. The monoisotopic (exact) mass is 155 g/mol. The first kappa shape index (κ1) is 9.05. The van der Waals surface area contributed by atoms with Crippen LogP contribution >= 0.6 is 0 Å². The molecular weight excluding hydrogens is 134 g/mol. The molecule has 1 aliphatic heterocycles. The molecule has 0 aromatic rings. The van der Waals surface area contributed by atoms with Gasteiger partial charge in [0.1, 0.15) is 0 Å². The first-order valence-corrected chi connectivity index (χ1v) is 4.85. The molecule has 1 heterocycles. The summed E-state index contributed by atoms with van der Waals surface area (Å²) in [6, 6.07) is 0. The summed E-state index contributed by atoms with van der Waals surface area (Å²) in [5.41, 5.74) is 0.389. The van der Waals surface area contributed by atoms with Crippen LogP contribution in [0, 0.1) is 5.92 Å². The highest BCUT2D eigenvalue weighted by Gasteiger charge is 2.19. The minimum atomic E-state index is 0.389. The van der Waals surface area contributed by atoms with Crippen LogP contribution in [0.25, 0.3) is 0 Å². The molecule has 0 aromatic carbocycles. The van der Waals surface area contributed by atoms with Gasteiger partial charge in [-0.2, -0.15) is 0 Å². The topological polar surface area (TPSA) is 12.0 Å². The summed E-state index contributed by atoms with van der Waals surface area (Å²) in [5, 5.41) is 3.59. The lowest BCUT2D eigenvalue weighted by molar-refractivity contribution is 0.292. The maximum absolute atomic E-state index is 3.59. The number of hydrogen-bond acceptors (Lipinski definition) is 1. The molecule has 1 saturated heterocycles. The van der Waals surface area contributed by atoms with Gasteiger partial charge in [0.25, 0.3) is 0 Å². The Morgan fingerprint density at radius 1 is 1.27 bits per heavy atom. The van der Waals surface area contributed by atoms with E-state index in [0.717, 1.165) is 5.92 Å². The SMILES string of the molecule is CC1CCCC(C)(C)NCC1. The lowest BCUT2D eigenvalue weighted by Gasteiger charge is -2.30. The molecule has 1 atom stereocenters. The van der Waals surface area contributed by atoms with E-state index in [9.17, 15) is 0 Å². The Hall–Kier alpha value is -0.0400. The van der Waals surface area contributed by atoms with Crippen molar-refractivity contribution in [3.63, 3.8) is 0 Å². The molecule has 11 heavy (non-hydrogen) atoms.